The predicted molar refractivity (Wildman–Crippen MR) is 133 cm³/mol. The van der Waals surface area contributed by atoms with Crippen LogP contribution in [0.5, 0.6) is 0 Å². The molecule has 0 spiro atoms. The molecule has 0 saturated heterocycles. The molecule has 1 amide bonds. The minimum absolute atomic E-state index is 0.0715. The molecular weight excluding hydrogens is 449 g/mol. The largest absolute Gasteiger partial charge is 0.331 e. The van der Waals surface area contributed by atoms with Crippen LogP contribution >= 0.6 is 12.2 Å². The van der Waals surface area contributed by atoms with Gasteiger partial charge in [0, 0.05) is 18.2 Å². The van der Waals surface area contributed by atoms with Crippen molar-refractivity contribution >= 4 is 29.0 Å². The number of aromatic nitrogens is 2. The molecule has 5 rings (SSSR count). The molecule has 4 aromatic rings. The second-order valence-electron chi connectivity index (χ2n) is 8.62. The first-order valence-electron chi connectivity index (χ1n) is 11.4. The fraction of sp³-hybridized carbons (Fsp3) is 0.222. The highest BCUT2D eigenvalue weighted by atomic mass is 32.1. The summed E-state index contributed by atoms with van der Waals surface area (Å²) < 4.78 is 15.5. The molecule has 1 heterocycles. The van der Waals surface area contributed by atoms with Gasteiger partial charge in [-0.2, -0.15) is 0 Å². The van der Waals surface area contributed by atoms with Crippen molar-refractivity contribution in [2.75, 3.05) is 0 Å². The number of nitrogens with zero attached hydrogens (tertiary/aromatic N) is 2. The second kappa shape index (κ2) is 8.99. The van der Waals surface area contributed by atoms with Crippen LogP contribution in [0.3, 0.4) is 0 Å². The number of rotatable bonds is 6. The van der Waals surface area contributed by atoms with E-state index in [4.69, 9.17) is 12.2 Å². The van der Waals surface area contributed by atoms with Gasteiger partial charge in [-0.1, -0.05) is 43.3 Å². The van der Waals surface area contributed by atoms with Gasteiger partial charge in [0.1, 0.15) is 5.82 Å². The highest BCUT2D eigenvalue weighted by Gasteiger charge is 2.33. The Kier molecular flexibility index (Phi) is 5.87. The van der Waals surface area contributed by atoms with Gasteiger partial charge in [0.2, 0.25) is 0 Å². The minimum atomic E-state index is -0.540. The maximum Gasteiger partial charge on any atom is 0.266 e. The molecule has 1 aliphatic rings. The fourth-order valence-corrected chi connectivity index (χ4v) is 4.49. The van der Waals surface area contributed by atoms with Gasteiger partial charge in [-0.25, -0.2) is 8.96 Å². The molecule has 0 bridgehead atoms. The Hall–Kier alpha value is -3.58. The molecule has 1 fully saturated rings. The molecule has 1 saturated carbocycles. The van der Waals surface area contributed by atoms with E-state index in [1.807, 2.05) is 4.90 Å². The Bertz CT molecular complexity index is 1500. The number of benzene rings is 3. The van der Waals surface area contributed by atoms with Crippen molar-refractivity contribution in [2.45, 2.75) is 38.8 Å². The summed E-state index contributed by atoms with van der Waals surface area (Å²) >= 11 is 5.37. The number of amides is 1. The first-order chi connectivity index (χ1) is 16.5. The zero-order valence-corrected chi connectivity index (χ0v) is 19.6. The predicted octanol–water partition coefficient (Wildman–Crippen LogP) is 5.55. The fourth-order valence-electron chi connectivity index (χ4n) is 4.20. The molecule has 0 atom stereocenters. The van der Waals surface area contributed by atoms with Crippen LogP contribution in [-0.4, -0.2) is 26.4 Å². The smallest absolute Gasteiger partial charge is 0.266 e. The Morgan fingerprint density at radius 3 is 2.47 bits per heavy atom. The number of hydrogen-bond acceptors (Lipinski definition) is 3. The van der Waals surface area contributed by atoms with Crippen LogP contribution in [0.15, 0.2) is 71.5 Å². The third-order valence-electron chi connectivity index (χ3n) is 6.27. The lowest BCUT2D eigenvalue weighted by atomic mass is 10.1. The standard InChI is InChI=1S/C27H24FN3O2S/c1-2-17-7-9-18(10-8-17)16-30(20-12-13-20)25(32)19-11-14-21-23(15-19)29-27(34)31(26(21)33)24-6-4-3-5-22(24)28/h3-11,14-15,20H,2,12-13,16H2,1H3,(H,29,34). The number of aromatic amines is 1. The maximum atomic E-state index is 14.3. The van der Waals surface area contributed by atoms with Gasteiger partial charge >= 0.3 is 0 Å². The normalized spacial score (nSPS) is 13.2. The van der Waals surface area contributed by atoms with Gasteiger partial charge in [0.25, 0.3) is 11.5 Å². The van der Waals surface area contributed by atoms with Crippen LogP contribution in [-0.2, 0) is 13.0 Å². The summed E-state index contributed by atoms with van der Waals surface area (Å²) in [5, 5.41) is 0.335. The molecule has 172 valence electrons. The first-order valence-corrected chi connectivity index (χ1v) is 11.8. The number of hydrogen-bond donors (Lipinski definition) is 1. The molecule has 1 aliphatic carbocycles. The Labute approximate surface area is 201 Å². The number of H-pyrrole nitrogens is 1. The third kappa shape index (κ3) is 4.19. The third-order valence-corrected chi connectivity index (χ3v) is 6.56. The molecule has 1 N–H and O–H groups in total. The lowest BCUT2D eigenvalue weighted by Gasteiger charge is -2.23. The topological polar surface area (TPSA) is 58.1 Å². The Morgan fingerprint density at radius 1 is 1.09 bits per heavy atom. The SMILES string of the molecule is CCc1ccc(CN(C(=O)c2ccc3c(=O)n(-c4ccccc4F)c(=S)[nH]c3c2)C2CC2)cc1. The molecule has 7 heteroatoms. The van der Waals surface area contributed by atoms with Crippen molar-refractivity contribution in [3.05, 3.63) is 104 Å². The summed E-state index contributed by atoms with van der Waals surface area (Å²) in [6.45, 7) is 2.65. The van der Waals surface area contributed by atoms with Crippen molar-refractivity contribution in [1.82, 2.24) is 14.5 Å². The highest BCUT2D eigenvalue weighted by molar-refractivity contribution is 7.71. The maximum absolute atomic E-state index is 14.3. The minimum Gasteiger partial charge on any atom is -0.331 e. The summed E-state index contributed by atoms with van der Waals surface area (Å²) in [4.78, 5) is 31.5. The average molecular weight is 474 g/mol. The number of fused-ring (bicyclic) bond motifs is 1. The second-order valence-corrected chi connectivity index (χ2v) is 9.00. The van der Waals surface area contributed by atoms with Gasteiger partial charge in [-0.3, -0.25) is 9.59 Å². The van der Waals surface area contributed by atoms with E-state index in [0.717, 1.165) is 29.4 Å². The van der Waals surface area contributed by atoms with Crippen molar-refractivity contribution in [3.63, 3.8) is 0 Å². The number of halogens is 1. The number of aryl methyl sites for hydroxylation is 1. The zero-order chi connectivity index (χ0) is 23.8. The molecule has 0 unspecified atom stereocenters. The van der Waals surface area contributed by atoms with Gasteiger partial charge in [0.05, 0.1) is 16.6 Å². The van der Waals surface area contributed by atoms with E-state index < -0.39 is 11.4 Å². The molecular formula is C27H24FN3O2S. The number of carbonyl (C=O) groups is 1. The van der Waals surface area contributed by atoms with E-state index in [2.05, 4.69) is 36.2 Å². The lowest BCUT2D eigenvalue weighted by molar-refractivity contribution is 0.0730. The molecule has 5 nitrogen and oxygen atoms in total. The summed E-state index contributed by atoms with van der Waals surface area (Å²) in [5.74, 6) is -0.621. The summed E-state index contributed by atoms with van der Waals surface area (Å²) in [5.41, 5.74) is 2.95. The Morgan fingerprint density at radius 2 is 1.79 bits per heavy atom. The van der Waals surface area contributed by atoms with E-state index in [1.165, 1.54) is 17.7 Å². The summed E-state index contributed by atoms with van der Waals surface area (Å²) in [6, 6.07) is 19.5. The first kappa shape index (κ1) is 22.2. The van der Waals surface area contributed by atoms with Crippen LogP contribution in [0.2, 0.25) is 0 Å². The van der Waals surface area contributed by atoms with Crippen LogP contribution in [0.25, 0.3) is 16.6 Å². The Balaban J connectivity index is 1.50. The molecule has 34 heavy (non-hydrogen) atoms. The number of carbonyl (C=O) groups excluding carboxylic acids is 1. The van der Waals surface area contributed by atoms with Gasteiger partial charge in [-0.05, 0) is 72.9 Å². The van der Waals surface area contributed by atoms with Crippen LogP contribution in [0, 0.1) is 10.6 Å². The van der Waals surface area contributed by atoms with E-state index in [9.17, 15) is 14.0 Å². The lowest BCUT2D eigenvalue weighted by Crippen LogP contribution is -2.32. The number of para-hydroxylation sites is 1. The average Bonchev–Trinajstić information content (AvgIpc) is 3.68. The summed E-state index contributed by atoms with van der Waals surface area (Å²) in [6.07, 6.45) is 2.95. The van der Waals surface area contributed by atoms with E-state index >= 15 is 0 Å². The van der Waals surface area contributed by atoms with Crippen molar-refractivity contribution < 1.29 is 9.18 Å². The van der Waals surface area contributed by atoms with Crippen LogP contribution < -0.4 is 5.56 Å². The molecule has 1 aromatic heterocycles. The van der Waals surface area contributed by atoms with Gasteiger partial charge in [0.15, 0.2) is 4.77 Å². The van der Waals surface area contributed by atoms with Crippen molar-refractivity contribution in [3.8, 4) is 5.69 Å². The van der Waals surface area contributed by atoms with E-state index in [-0.39, 0.29) is 22.4 Å². The quantitative estimate of drug-likeness (QED) is 0.373. The van der Waals surface area contributed by atoms with Gasteiger partial charge in [-0.15, -0.1) is 0 Å². The molecule has 3 aromatic carbocycles. The number of nitrogens with one attached hydrogen (secondary N) is 1. The van der Waals surface area contributed by atoms with E-state index in [0.29, 0.717) is 23.0 Å². The van der Waals surface area contributed by atoms with E-state index in [1.54, 1.807) is 30.3 Å². The molecule has 0 aliphatic heterocycles. The van der Waals surface area contributed by atoms with Crippen molar-refractivity contribution in [2.24, 2.45) is 0 Å². The highest BCUT2D eigenvalue weighted by Crippen LogP contribution is 2.30. The monoisotopic (exact) mass is 473 g/mol. The summed E-state index contributed by atoms with van der Waals surface area (Å²) in [7, 11) is 0. The zero-order valence-electron chi connectivity index (χ0n) is 18.8. The van der Waals surface area contributed by atoms with Gasteiger partial charge < -0.3 is 9.88 Å². The van der Waals surface area contributed by atoms with Crippen LogP contribution in [0.4, 0.5) is 4.39 Å². The van der Waals surface area contributed by atoms with Crippen LogP contribution in [0.1, 0.15) is 41.3 Å². The molecule has 0 radical (unpaired) electrons. The van der Waals surface area contributed by atoms with Crippen molar-refractivity contribution in [1.29, 1.82) is 0 Å².